The zero-order chi connectivity index (χ0) is 19.1. The molecule has 2 aromatic rings. The van der Waals surface area contributed by atoms with Gasteiger partial charge in [0.05, 0.1) is 30.4 Å². The van der Waals surface area contributed by atoms with Crippen LogP contribution in [0, 0.1) is 10.1 Å². The summed E-state index contributed by atoms with van der Waals surface area (Å²) in [6.45, 7) is 4.06. The fourth-order valence-corrected chi connectivity index (χ4v) is 2.17. The maximum Gasteiger partial charge on any atom is 0.273 e. The van der Waals surface area contributed by atoms with E-state index >= 15 is 0 Å². The number of rotatable bonds is 8. The van der Waals surface area contributed by atoms with Crippen molar-refractivity contribution in [3.05, 3.63) is 52.6 Å². The second kappa shape index (κ2) is 8.70. The Bertz CT molecular complexity index is 776. The number of carbonyl (C=O) groups is 1. The van der Waals surface area contributed by atoms with Crippen LogP contribution in [0.3, 0.4) is 0 Å². The first-order chi connectivity index (χ1) is 12.4. The lowest BCUT2D eigenvalue weighted by Gasteiger charge is -2.16. The molecule has 0 aliphatic carbocycles. The van der Waals surface area contributed by atoms with Crippen molar-refractivity contribution in [1.29, 1.82) is 0 Å². The van der Waals surface area contributed by atoms with Crippen molar-refractivity contribution in [2.75, 3.05) is 19.0 Å². The number of methoxy groups -OCH3 is 1. The quantitative estimate of drug-likeness (QED) is 0.572. The highest BCUT2D eigenvalue weighted by atomic mass is 16.6. The Balaban J connectivity index is 2.03. The molecule has 2 aromatic carbocycles. The minimum absolute atomic E-state index is 0.126. The van der Waals surface area contributed by atoms with Crippen LogP contribution >= 0.6 is 0 Å². The van der Waals surface area contributed by atoms with E-state index in [0.717, 1.165) is 0 Å². The molecule has 0 aliphatic rings. The Morgan fingerprint density at radius 1 is 1.19 bits per heavy atom. The standard InChI is InChI=1S/C18H20N2O6/c1-4-25-14-6-8-15(9-7-14)26-12(2)18(21)19-16-10-5-13(20(22)23)11-17(16)24-3/h5-12H,4H2,1-3H3,(H,19,21). The smallest absolute Gasteiger partial charge is 0.273 e. The van der Waals surface area contributed by atoms with E-state index in [9.17, 15) is 14.9 Å². The number of nitrogens with zero attached hydrogens (tertiary/aromatic N) is 1. The molecule has 8 heteroatoms. The first-order valence-corrected chi connectivity index (χ1v) is 7.97. The summed E-state index contributed by atoms with van der Waals surface area (Å²) in [5, 5.41) is 13.5. The largest absolute Gasteiger partial charge is 0.494 e. The monoisotopic (exact) mass is 360 g/mol. The van der Waals surface area contributed by atoms with Gasteiger partial charge in [-0.25, -0.2) is 0 Å². The molecule has 8 nitrogen and oxygen atoms in total. The third-order valence-electron chi connectivity index (χ3n) is 3.47. The van der Waals surface area contributed by atoms with Gasteiger partial charge in [0, 0.05) is 6.07 Å². The van der Waals surface area contributed by atoms with Crippen LogP contribution in [0.15, 0.2) is 42.5 Å². The summed E-state index contributed by atoms with van der Waals surface area (Å²) in [4.78, 5) is 22.6. The van der Waals surface area contributed by atoms with Crippen molar-refractivity contribution in [3.8, 4) is 17.2 Å². The lowest BCUT2D eigenvalue weighted by molar-refractivity contribution is -0.384. The summed E-state index contributed by atoms with van der Waals surface area (Å²) in [5.41, 5.74) is 0.198. The summed E-state index contributed by atoms with van der Waals surface area (Å²) in [6, 6.07) is 10.9. The van der Waals surface area contributed by atoms with Crippen molar-refractivity contribution in [3.63, 3.8) is 0 Å². The van der Waals surface area contributed by atoms with Gasteiger partial charge in [0.15, 0.2) is 6.10 Å². The number of nitro benzene ring substituents is 1. The molecule has 1 N–H and O–H groups in total. The predicted octanol–water partition coefficient (Wildman–Crippen LogP) is 3.41. The normalized spacial score (nSPS) is 11.3. The zero-order valence-electron chi connectivity index (χ0n) is 14.7. The molecule has 26 heavy (non-hydrogen) atoms. The molecule has 0 heterocycles. The number of anilines is 1. The second-order valence-electron chi connectivity index (χ2n) is 5.30. The number of benzene rings is 2. The van der Waals surface area contributed by atoms with Gasteiger partial charge in [-0.15, -0.1) is 0 Å². The molecule has 0 fully saturated rings. The number of nitro groups is 1. The molecule has 0 spiro atoms. The van der Waals surface area contributed by atoms with Gasteiger partial charge >= 0.3 is 0 Å². The minimum atomic E-state index is -0.784. The molecule has 0 radical (unpaired) electrons. The molecule has 1 amide bonds. The van der Waals surface area contributed by atoms with Crippen LogP contribution in [0.5, 0.6) is 17.2 Å². The van der Waals surface area contributed by atoms with Crippen molar-refractivity contribution in [1.82, 2.24) is 0 Å². The van der Waals surface area contributed by atoms with Crippen LogP contribution in [-0.4, -0.2) is 30.7 Å². The molecular formula is C18H20N2O6. The highest BCUT2D eigenvalue weighted by Crippen LogP contribution is 2.29. The van der Waals surface area contributed by atoms with Gasteiger partial charge in [-0.1, -0.05) is 0 Å². The van der Waals surface area contributed by atoms with Crippen molar-refractivity contribution >= 4 is 17.3 Å². The van der Waals surface area contributed by atoms with E-state index in [-0.39, 0.29) is 11.4 Å². The van der Waals surface area contributed by atoms with Gasteiger partial charge < -0.3 is 19.5 Å². The maximum absolute atomic E-state index is 12.3. The maximum atomic E-state index is 12.3. The van der Waals surface area contributed by atoms with E-state index in [2.05, 4.69) is 5.32 Å². The average molecular weight is 360 g/mol. The SMILES string of the molecule is CCOc1ccc(OC(C)C(=O)Nc2ccc([N+](=O)[O-])cc2OC)cc1. The second-order valence-corrected chi connectivity index (χ2v) is 5.30. The van der Waals surface area contributed by atoms with E-state index in [4.69, 9.17) is 14.2 Å². The Morgan fingerprint density at radius 2 is 1.85 bits per heavy atom. The lowest BCUT2D eigenvalue weighted by atomic mass is 10.2. The van der Waals surface area contributed by atoms with Crippen LogP contribution in [0.25, 0.3) is 0 Å². The number of carbonyl (C=O) groups excluding carboxylic acids is 1. The van der Waals surface area contributed by atoms with Crippen molar-refractivity contribution in [2.45, 2.75) is 20.0 Å². The summed E-state index contributed by atoms with van der Waals surface area (Å²) in [5.74, 6) is 1.02. The molecule has 0 aliphatic heterocycles. The number of nitrogens with one attached hydrogen (secondary N) is 1. The Hall–Kier alpha value is -3.29. The molecule has 0 aromatic heterocycles. The fraction of sp³-hybridized carbons (Fsp3) is 0.278. The highest BCUT2D eigenvalue weighted by molar-refractivity contribution is 5.95. The topological polar surface area (TPSA) is 99.9 Å². The van der Waals surface area contributed by atoms with Crippen LogP contribution in [0.1, 0.15) is 13.8 Å². The molecule has 2 rings (SSSR count). The summed E-state index contributed by atoms with van der Waals surface area (Å²) >= 11 is 0. The van der Waals surface area contributed by atoms with Gasteiger partial charge in [0.25, 0.3) is 11.6 Å². The van der Waals surface area contributed by atoms with Crippen LogP contribution in [0.2, 0.25) is 0 Å². The summed E-state index contributed by atoms with van der Waals surface area (Å²) in [7, 11) is 1.37. The van der Waals surface area contributed by atoms with Gasteiger partial charge in [-0.3, -0.25) is 14.9 Å². The molecule has 1 atom stereocenters. The van der Waals surface area contributed by atoms with E-state index in [1.165, 1.54) is 25.3 Å². The third-order valence-corrected chi connectivity index (χ3v) is 3.47. The third kappa shape index (κ3) is 4.85. The fourth-order valence-electron chi connectivity index (χ4n) is 2.17. The summed E-state index contributed by atoms with van der Waals surface area (Å²) in [6.07, 6.45) is -0.784. The van der Waals surface area contributed by atoms with Gasteiger partial charge in [-0.05, 0) is 44.2 Å². The van der Waals surface area contributed by atoms with E-state index in [1.54, 1.807) is 31.2 Å². The minimum Gasteiger partial charge on any atom is -0.494 e. The molecule has 1 unspecified atom stereocenters. The van der Waals surface area contributed by atoms with Gasteiger partial charge in [0.2, 0.25) is 0 Å². The van der Waals surface area contributed by atoms with E-state index < -0.39 is 16.9 Å². The molecule has 0 saturated heterocycles. The van der Waals surface area contributed by atoms with Gasteiger partial charge in [-0.2, -0.15) is 0 Å². The molecular weight excluding hydrogens is 340 g/mol. The first kappa shape index (κ1) is 19.0. The lowest BCUT2D eigenvalue weighted by Crippen LogP contribution is -2.30. The zero-order valence-corrected chi connectivity index (χ0v) is 14.7. The van der Waals surface area contributed by atoms with Crippen molar-refractivity contribution in [2.24, 2.45) is 0 Å². The average Bonchev–Trinajstić information content (AvgIpc) is 2.63. The Labute approximate surface area is 150 Å². The first-order valence-electron chi connectivity index (χ1n) is 7.97. The molecule has 0 saturated carbocycles. The highest BCUT2D eigenvalue weighted by Gasteiger charge is 2.18. The summed E-state index contributed by atoms with van der Waals surface area (Å²) < 4.78 is 16.0. The number of hydrogen-bond acceptors (Lipinski definition) is 6. The van der Waals surface area contributed by atoms with Crippen LogP contribution < -0.4 is 19.5 Å². The van der Waals surface area contributed by atoms with Gasteiger partial charge in [0.1, 0.15) is 17.2 Å². The predicted molar refractivity (Wildman–Crippen MR) is 96.0 cm³/mol. The molecule has 138 valence electrons. The number of amides is 1. The van der Waals surface area contributed by atoms with Crippen LogP contribution in [-0.2, 0) is 4.79 Å². The van der Waals surface area contributed by atoms with Crippen LogP contribution in [0.4, 0.5) is 11.4 Å². The molecule has 0 bridgehead atoms. The number of ether oxygens (including phenoxy) is 3. The number of hydrogen-bond donors (Lipinski definition) is 1. The Kier molecular flexibility index (Phi) is 6.37. The van der Waals surface area contributed by atoms with E-state index in [1.807, 2.05) is 6.92 Å². The van der Waals surface area contributed by atoms with E-state index in [0.29, 0.717) is 23.8 Å². The van der Waals surface area contributed by atoms with Crippen molar-refractivity contribution < 1.29 is 23.9 Å². The number of non-ortho nitro benzene ring substituents is 1. The Morgan fingerprint density at radius 3 is 2.42 bits per heavy atom.